The molecule has 0 unspecified atom stereocenters. The highest BCUT2D eigenvalue weighted by molar-refractivity contribution is 5.93. The van der Waals surface area contributed by atoms with Gasteiger partial charge >= 0.3 is 0 Å². The standard InChI is InChI=1S/C12H19N3O2/c1-5-15(6-2)11-8-7-10(9-13-11)12(16)14(3)17-4/h7-9H,5-6H2,1-4H3. The van der Waals surface area contributed by atoms with E-state index < -0.39 is 0 Å². The molecule has 94 valence electrons. The van der Waals surface area contributed by atoms with Gasteiger partial charge in [-0.3, -0.25) is 9.63 Å². The van der Waals surface area contributed by atoms with E-state index >= 15 is 0 Å². The zero-order valence-corrected chi connectivity index (χ0v) is 10.8. The molecule has 0 radical (unpaired) electrons. The Morgan fingerprint density at radius 3 is 2.41 bits per heavy atom. The highest BCUT2D eigenvalue weighted by atomic mass is 16.7. The fourth-order valence-corrected chi connectivity index (χ4v) is 1.51. The summed E-state index contributed by atoms with van der Waals surface area (Å²) < 4.78 is 0. The maximum Gasteiger partial charge on any atom is 0.278 e. The van der Waals surface area contributed by atoms with Gasteiger partial charge in [0.1, 0.15) is 5.82 Å². The number of hydroxylamine groups is 2. The number of pyridine rings is 1. The summed E-state index contributed by atoms with van der Waals surface area (Å²) in [6.45, 7) is 5.94. The van der Waals surface area contributed by atoms with Crippen molar-refractivity contribution in [2.75, 3.05) is 32.1 Å². The molecule has 17 heavy (non-hydrogen) atoms. The minimum Gasteiger partial charge on any atom is -0.357 e. The van der Waals surface area contributed by atoms with E-state index in [0.717, 1.165) is 18.9 Å². The van der Waals surface area contributed by atoms with Crippen molar-refractivity contribution in [2.24, 2.45) is 0 Å². The fraction of sp³-hybridized carbons (Fsp3) is 0.500. The Balaban J connectivity index is 2.84. The number of hydrogen-bond donors (Lipinski definition) is 0. The lowest BCUT2D eigenvalue weighted by Crippen LogP contribution is -2.26. The van der Waals surface area contributed by atoms with Crippen LogP contribution in [0.4, 0.5) is 5.82 Å². The smallest absolute Gasteiger partial charge is 0.278 e. The molecule has 1 amide bonds. The van der Waals surface area contributed by atoms with Crippen molar-refractivity contribution in [1.29, 1.82) is 0 Å². The van der Waals surface area contributed by atoms with Crippen LogP contribution >= 0.6 is 0 Å². The van der Waals surface area contributed by atoms with Crippen LogP contribution in [-0.4, -0.2) is 43.2 Å². The predicted molar refractivity (Wildman–Crippen MR) is 66.9 cm³/mol. The number of hydrogen-bond acceptors (Lipinski definition) is 4. The second kappa shape index (κ2) is 6.20. The maximum atomic E-state index is 11.7. The molecule has 0 bridgehead atoms. The van der Waals surface area contributed by atoms with Gasteiger partial charge in [0.25, 0.3) is 5.91 Å². The second-order valence-electron chi connectivity index (χ2n) is 3.56. The molecule has 0 aliphatic carbocycles. The molecule has 0 N–H and O–H groups in total. The lowest BCUT2D eigenvalue weighted by atomic mass is 10.2. The first-order chi connectivity index (χ1) is 8.13. The van der Waals surface area contributed by atoms with Gasteiger partial charge in [-0.1, -0.05) is 0 Å². The zero-order chi connectivity index (χ0) is 12.8. The van der Waals surface area contributed by atoms with Crippen LogP contribution in [0.15, 0.2) is 18.3 Å². The van der Waals surface area contributed by atoms with Crippen molar-refractivity contribution in [3.05, 3.63) is 23.9 Å². The van der Waals surface area contributed by atoms with E-state index in [9.17, 15) is 4.79 Å². The van der Waals surface area contributed by atoms with Gasteiger partial charge in [-0.25, -0.2) is 10.0 Å². The Bertz CT molecular complexity index is 361. The first-order valence-electron chi connectivity index (χ1n) is 5.67. The van der Waals surface area contributed by atoms with E-state index in [2.05, 4.69) is 23.7 Å². The summed E-state index contributed by atoms with van der Waals surface area (Å²) >= 11 is 0. The fourth-order valence-electron chi connectivity index (χ4n) is 1.51. The molecule has 0 fully saturated rings. The Labute approximate surface area is 102 Å². The Kier molecular flexibility index (Phi) is 4.90. The van der Waals surface area contributed by atoms with Crippen LogP contribution < -0.4 is 4.90 Å². The lowest BCUT2D eigenvalue weighted by Gasteiger charge is -2.20. The van der Waals surface area contributed by atoms with Crippen molar-refractivity contribution in [1.82, 2.24) is 10.0 Å². The minimum atomic E-state index is -0.203. The average molecular weight is 237 g/mol. The summed E-state index contributed by atoms with van der Waals surface area (Å²) in [5.74, 6) is 0.678. The molecule has 0 saturated heterocycles. The van der Waals surface area contributed by atoms with Crippen LogP contribution in [0, 0.1) is 0 Å². The van der Waals surface area contributed by atoms with Crippen molar-refractivity contribution < 1.29 is 9.63 Å². The van der Waals surface area contributed by atoms with E-state index in [0.29, 0.717) is 5.56 Å². The summed E-state index contributed by atoms with van der Waals surface area (Å²) in [6, 6.07) is 3.61. The molecule has 5 heteroatoms. The van der Waals surface area contributed by atoms with Gasteiger partial charge in [-0.2, -0.15) is 0 Å². The largest absolute Gasteiger partial charge is 0.357 e. The molecule has 0 aliphatic heterocycles. The predicted octanol–water partition coefficient (Wildman–Crippen LogP) is 1.56. The molecule has 0 aromatic carbocycles. The van der Waals surface area contributed by atoms with Crippen LogP contribution in [0.1, 0.15) is 24.2 Å². The van der Waals surface area contributed by atoms with Crippen LogP contribution in [-0.2, 0) is 4.84 Å². The van der Waals surface area contributed by atoms with Crippen LogP contribution in [0.5, 0.6) is 0 Å². The van der Waals surface area contributed by atoms with Crippen LogP contribution in [0.3, 0.4) is 0 Å². The van der Waals surface area contributed by atoms with Gasteiger partial charge in [0.2, 0.25) is 0 Å². The van der Waals surface area contributed by atoms with Gasteiger partial charge in [0, 0.05) is 26.3 Å². The average Bonchev–Trinajstić information content (AvgIpc) is 2.39. The summed E-state index contributed by atoms with van der Waals surface area (Å²) in [5.41, 5.74) is 0.519. The third kappa shape index (κ3) is 3.17. The molecule has 1 aromatic rings. The number of carbonyl (C=O) groups excluding carboxylic acids is 1. The van der Waals surface area contributed by atoms with E-state index in [1.54, 1.807) is 19.3 Å². The molecule has 1 heterocycles. The third-order valence-electron chi connectivity index (χ3n) is 2.64. The lowest BCUT2D eigenvalue weighted by molar-refractivity contribution is -0.0757. The number of anilines is 1. The van der Waals surface area contributed by atoms with Gasteiger partial charge in [0.05, 0.1) is 12.7 Å². The Morgan fingerprint density at radius 2 is 2.00 bits per heavy atom. The molecule has 1 aromatic heterocycles. The number of carbonyl (C=O) groups is 1. The molecule has 0 saturated carbocycles. The molecule has 0 aliphatic rings. The maximum absolute atomic E-state index is 11.7. The summed E-state index contributed by atoms with van der Waals surface area (Å²) in [6.07, 6.45) is 1.57. The van der Waals surface area contributed by atoms with Crippen molar-refractivity contribution in [3.8, 4) is 0 Å². The van der Waals surface area contributed by atoms with Crippen molar-refractivity contribution >= 4 is 11.7 Å². The SMILES string of the molecule is CCN(CC)c1ccc(C(=O)N(C)OC)cn1. The molecular formula is C12H19N3O2. The highest BCUT2D eigenvalue weighted by Gasteiger charge is 2.12. The highest BCUT2D eigenvalue weighted by Crippen LogP contribution is 2.11. The molecular weight excluding hydrogens is 218 g/mol. The first kappa shape index (κ1) is 13.4. The number of nitrogens with zero attached hydrogens (tertiary/aromatic N) is 3. The van der Waals surface area contributed by atoms with Crippen LogP contribution in [0.25, 0.3) is 0 Å². The van der Waals surface area contributed by atoms with Crippen molar-refractivity contribution in [3.63, 3.8) is 0 Å². The Hall–Kier alpha value is -1.62. The summed E-state index contributed by atoms with van der Waals surface area (Å²) in [5, 5.41) is 1.17. The summed E-state index contributed by atoms with van der Waals surface area (Å²) in [7, 11) is 3.02. The monoisotopic (exact) mass is 237 g/mol. The normalized spacial score (nSPS) is 10.1. The van der Waals surface area contributed by atoms with Gasteiger partial charge in [-0.05, 0) is 26.0 Å². The second-order valence-corrected chi connectivity index (χ2v) is 3.56. The third-order valence-corrected chi connectivity index (χ3v) is 2.64. The zero-order valence-electron chi connectivity index (χ0n) is 10.8. The first-order valence-corrected chi connectivity index (χ1v) is 5.67. The molecule has 0 atom stereocenters. The van der Waals surface area contributed by atoms with Gasteiger partial charge in [0.15, 0.2) is 0 Å². The quantitative estimate of drug-likeness (QED) is 0.729. The number of rotatable bonds is 5. The molecule has 0 spiro atoms. The Morgan fingerprint density at radius 1 is 1.35 bits per heavy atom. The molecule has 1 rings (SSSR count). The van der Waals surface area contributed by atoms with E-state index in [1.807, 2.05) is 6.07 Å². The minimum absolute atomic E-state index is 0.203. The van der Waals surface area contributed by atoms with E-state index in [-0.39, 0.29) is 5.91 Å². The number of aromatic nitrogens is 1. The molecule has 5 nitrogen and oxygen atoms in total. The van der Waals surface area contributed by atoms with E-state index in [1.165, 1.54) is 12.2 Å². The van der Waals surface area contributed by atoms with Gasteiger partial charge in [-0.15, -0.1) is 0 Å². The topological polar surface area (TPSA) is 45.7 Å². The number of amides is 1. The summed E-state index contributed by atoms with van der Waals surface area (Å²) in [4.78, 5) is 23.0. The van der Waals surface area contributed by atoms with E-state index in [4.69, 9.17) is 4.84 Å². The van der Waals surface area contributed by atoms with Crippen LogP contribution in [0.2, 0.25) is 0 Å². The van der Waals surface area contributed by atoms with Gasteiger partial charge < -0.3 is 4.90 Å². The van der Waals surface area contributed by atoms with Crippen molar-refractivity contribution in [2.45, 2.75) is 13.8 Å².